The van der Waals surface area contributed by atoms with E-state index in [9.17, 15) is 0 Å². The van der Waals surface area contributed by atoms with Gasteiger partial charge >= 0.3 is 0 Å². The molecule has 0 aliphatic rings. The largest absolute Gasteiger partial charge is 0.495 e. The van der Waals surface area contributed by atoms with E-state index in [0.29, 0.717) is 0 Å². The van der Waals surface area contributed by atoms with Crippen LogP contribution in [0.1, 0.15) is 25.6 Å². The Bertz CT molecular complexity index is 569. The van der Waals surface area contributed by atoms with Crippen molar-refractivity contribution in [3.63, 3.8) is 0 Å². The fourth-order valence-electron chi connectivity index (χ4n) is 2.31. The molecule has 2 rings (SSSR count). The first-order valence-corrected chi connectivity index (χ1v) is 7.23. The van der Waals surface area contributed by atoms with E-state index in [0.717, 1.165) is 29.4 Å². The molecule has 1 unspecified atom stereocenters. The molecule has 0 saturated carbocycles. The van der Waals surface area contributed by atoms with Crippen LogP contribution in [0.2, 0.25) is 0 Å². The van der Waals surface area contributed by atoms with Gasteiger partial charge in [0.25, 0.3) is 0 Å². The first-order valence-electron chi connectivity index (χ1n) is 7.23. The van der Waals surface area contributed by atoms with Crippen molar-refractivity contribution >= 4 is 11.4 Å². The summed E-state index contributed by atoms with van der Waals surface area (Å²) in [4.78, 5) is 6.63. The summed E-state index contributed by atoms with van der Waals surface area (Å²) in [6.07, 6.45) is 1.90. The number of nitrogens with one attached hydrogen (secondary N) is 1. The molecule has 21 heavy (non-hydrogen) atoms. The predicted octanol–water partition coefficient (Wildman–Crippen LogP) is 3.53. The Morgan fingerprint density at radius 3 is 2.62 bits per heavy atom. The van der Waals surface area contributed by atoms with Crippen LogP contribution in [0, 0.1) is 0 Å². The van der Waals surface area contributed by atoms with E-state index >= 15 is 0 Å². The number of pyridine rings is 1. The van der Waals surface area contributed by atoms with E-state index in [1.807, 2.05) is 37.5 Å². The zero-order valence-corrected chi connectivity index (χ0v) is 13.1. The molecule has 4 nitrogen and oxygen atoms in total. The second kappa shape index (κ2) is 7.09. The molecule has 112 valence electrons. The first kappa shape index (κ1) is 15.3. The van der Waals surface area contributed by atoms with E-state index in [1.165, 1.54) is 0 Å². The highest BCUT2D eigenvalue weighted by atomic mass is 16.5. The van der Waals surface area contributed by atoms with Gasteiger partial charge in [0.2, 0.25) is 0 Å². The number of aromatic nitrogens is 1. The minimum atomic E-state index is 0.264. The first-order chi connectivity index (χ1) is 10.2. The fourth-order valence-corrected chi connectivity index (χ4v) is 2.31. The van der Waals surface area contributed by atoms with Crippen molar-refractivity contribution in [2.24, 2.45) is 0 Å². The summed E-state index contributed by atoms with van der Waals surface area (Å²) < 4.78 is 5.41. The van der Waals surface area contributed by atoms with E-state index in [-0.39, 0.29) is 6.04 Å². The molecular weight excluding hydrogens is 262 g/mol. The second-order valence-corrected chi connectivity index (χ2v) is 4.95. The number of nitrogens with zero attached hydrogens (tertiary/aromatic N) is 2. The Labute approximate surface area is 126 Å². The summed E-state index contributed by atoms with van der Waals surface area (Å²) >= 11 is 0. The van der Waals surface area contributed by atoms with Crippen molar-refractivity contribution in [1.29, 1.82) is 0 Å². The molecule has 0 aliphatic heterocycles. The third-order valence-electron chi connectivity index (χ3n) is 3.56. The Morgan fingerprint density at radius 2 is 2.00 bits per heavy atom. The molecule has 0 bridgehead atoms. The summed E-state index contributed by atoms with van der Waals surface area (Å²) in [6, 6.07) is 12.4. The Hall–Kier alpha value is -2.07. The maximum absolute atomic E-state index is 5.41. The molecule has 0 spiro atoms. The van der Waals surface area contributed by atoms with Crippen molar-refractivity contribution in [3.05, 3.63) is 48.3 Å². The molecule has 1 atom stereocenters. The summed E-state index contributed by atoms with van der Waals surface area (Å²) in [6.45, 7) is 5.15. The summed E-state index contributed by atoms with van der Waals surface area (Å²) in [7, 11) is 3.70. The zero-order chi connectivity index (χ0) is 15.2. The molecule has 0 saturated heterocycles. The number of rotatable bonds is 6. The van der Waals surface area contributed by atoms with Gasteiger partial charge in [-0.25, -0.2) is 0 Å². The highest BCUT2D eigenvalue weighted by molar-refractivity contribution is 5.68. The lowest BCUT2D eigenvalue weighted by Crippen LogP contribution is -2.19. The number of para-hydroxylation sites is 2. The topological polar surface area (TPSA) is 37.4 Å². The number of methoxy groups -OCH3 is 1. The normalized spacial score (nSPS) is 12.0. The maximum atomic E-state index is 5.41. The standard InChI is InChI=1S/C17H23N3O/c1-5-18-13(2)15-11-10-14(12-19-15)20(3)16-8-6-7-9-17(16)21-4/h6-13,18H,5H2,1-4H3. The monoisotopic (exact) mass is 285 g/mol. The van der Waals surface area contributed by atoms with Gasteiger partial charge in [-0.3, -0.25) is 4.98 Å². The van der Waals surface area contributed by atoms with Crippen LogP contribution >= 0.6 is 0 Å². The van der Waals surface area contributed by atoms with Crippen molar-refractivity contribution < 1.29 is 4.74 Å². The number of ether oxygens (including phenoxy) is 1. The number of anilines is 2. The number of hydrogen-bond donors (Lipinski definition) is 1. The number of benzene rings is 1. The van der Waals surface area contributed by atoms with Gasteiger partial charge in [-0.1, -0.05) is 19.1 Å². The number of hydrogen-bond acceptors (Lipinski definition) is 4. The summed E-state index contributed by atoms with van der Waals surface area (Å²) in [5, 5.41) is 3.36. The van der Waals surface area contributed by atoms with Gasteiger partial charge in [0.05, 0.1) is 30.4 Å². The van der Waals surface area contributed by atoms with Crippen molar-refractivity contribution in [2.45, 2.75) is 19.9 Å². The van der Waals surface area contributed by atoms with Crippen LogP contribution in [0.15, 0.2) is 42.6 Å². The van der Waals surface area contributed by atoms with Crippen LogP contribution in [0.4, 0.5) is 11.4 Å². The van der Waals surface area contributed by atoms with Gasteiger partial charge in [-0.05, 0) is 37.7 Å². The summed E-state index contributed by atoms with van der Waals surface area (Å²) in [5.41, 5.74) is 3.11. The van der Waals surface area contributed by atoms with E-state index < -0.39 is 0 Å². The SMILES string of the molecule is CCNC(C)c1ccc(N(C)c2ccccc2OC)cn1. The Morgan fingerprint density at radius 1 is 1.24 bits per heavy atom. The molecule has 2 aromatic rings. The van der Waals surface area contributed by atoms with Crippen LogP contribution in [-0.2, 0) is 0 Å². The zero-order valence-electron chi connectivity index (χ0n) is 13.1. The maximum Gasteiger partial charge on any atom is 0.142 e. The van der Waals surface area contributed by atoms with Crippen LogP contribution in [-0.4, -0.2) is 25.7 Å². The smallest absolute Gasteiger partial charge is 0.142 e. The van der Waals surface area contributed by atoms with Gasteiger partial charge in [-0.15, -0.1) is 0 Å². The Balaban J connectivity index is 2.22. The molecule has 4 heteroatoms. The van der Waals surface area contributed by atoms with Gasteiger partial charge in [0.15, 0.2) is 0 Å². The van der Waals surface area contributed by atoms with Gasteiger partial charge in [0.1, 0.15) is 5.75 Å². The quantitative estimate of drug-likeness (QED) is 0.881. The molecular formula is C17H23N3O. The van der Waals surface area contributed by atoms with E-state index in [4.69, 9.17) is 4.74 Å². The van der Waals surface area contributed by atoms with E-state index in [2.05, 4.69) is 41.2 Å². The lowest BCUT2D eigenvalue weighted by atomic mass is 10.2. The molecule has 0 amide bonds. The molecule has 0 radical (unpaired) electrons. The lowest BCUT2D eigenvalue weighted by molar-refractivity contribution is 0.415. The second-order valence-electron chi connectivity index (χ2n) is 4.95. The average molecular weight is 285 g/mol. The minimum absolute atomic E-state index is 0.264. The molecule has 1 aromatic carbocycles. The molecule has 1 aromatic heterocycles. The Kier molecular flexibility index (Phi) is 5.17. The third kappa shape index (κ3) is 3.52. The van der Waals surface area contributed by atoms with Gasteiger partial charge in [0, 0.05) is 13.1 Å². The van der Waals surface area contributed by atoms with E-state index in [1.54, 1.807) is 7.11 Å². The average Bonchev–Trinajstić information content (AvgIpc) is 2.54. The van der Waals surface area contributed by atoms with Crippen LogP contribution < -0.4 is 15.0 Å². The minimum Gasteiger partial charge on any atom is -0.495 e. The van der Waals surface area contributed by atoms with Crippen molar-refractivity contribution in [2.75, 3.05) is 25.6 Å². The molecule has 0 fully saturated rings. The molecule has 1 heterocycles. The van der Waals surface area contributed by atoms with Crippen LogP contribution in [0.5, 0.6) is 5.75 Å². The highest BCUT2D eigenvalue weighted by Gasteiger charge is 2.11. The third-order valence-corrected chi connectivity index (χ3v) is 3.56. The van der Waals surface area contributed by atoms with Crippen molar-refractivity contribution in [1.82, 2.24) is 10.3 Å². The molecule has 1 N–H and O–H groups in total. The van der Waals surface area contributed by atoms with Gasteiger partial charge in [-0.2, -0.15) is 0 Å². The lowest BCUT2D eigenvalue weighted by Gasteiger charge is -2.22. The van der Waals surface area contributed by atoms with Gasteiger partial charge < -0.3 is 15.0 Å². The predicted molar refractivity (Wildman–Crippen MR) is 87.4 cm³/mol. The van der Waals surface area contributed by atoms with Crippen LogP contribution in [0.3, 0.4) is 0 Å². The van der Waals surface area contributed by atoms with Crippen LogP contribution in [0.25, 0.3) is 0 Å². The highest BCUT2D eigenvalue weighted by Crippen LogP contribution is 2.31. The summed E-state index contributed by atoms with van der Waals surface area (Å²) in [5.74, 6) is 0.852. The fraction of sp³-hybridized carbons (Fsp3) is 0.353. The van der Waals surface area contributed by atoms with Crippen molar-refractivity contribution in [3.8, 4) is 5.75 Å². The molecule has 0 aliphatic carbocycles.